The van der Waals surface area contributed by atoms with E-state index in [1.165, 1.54) is 6.42 Å². The van der Waals surface area contributed by atoms with E-state index in [2.05, 4.69) is 20.9 Å². The van der Waals surface area contributed by atoms with Crippen molar-refractivity contribution in [1.82, 2.24) is 9.97 Å². The molecule has 0 aliphatic carbocycles. The molecule has 0 saturated carbocycles. The second-order valence-corrected chi connectivity index (χ2v) is 4.87. The Morgan fingerprint density at radius 1 is 1.44 bits per heavy atom. The Labute approximate surface area is 102 Å². The highest BCUT2D eigenvalue weighted by molar-refractivity contribution is 6.17. The highest BCUT2D eigenvalue weighted by atomic mass is 35.5. The largest absolute Gasteiger partial charge is 0.356 e. The van der Waals surface area contributed by atoms with Crippen LogP contribution in [0.1, 0.15) is 24.4 Å². The van der Waals surface area contributed by atoms with Gasteiger partial charge in [-0.3, -0.25) is 0 Å². The number of aryl methyl sites for hydroxylation is 2. The first-order valence-electron chi connectivity index (χ1n) is 5.82. The maximum atomic E-state index is 5.78. The summed E-state index contributed by atoms with van der Waals surface area (Å²) < 4.78 is 0. The molecule has 0 N–H and O–H groups in total. The molecule has 3 nitrogen and oxygen atoms in total. The lowest BCUT2D eigenvalue weighted by molar-refractivity contribution is 0.572. The van der Waals surface area contributed by atoms with Crippen molar-refractivity contribution >= 4 is 17.4 Å². The highest BCUT2D eigenvalue weighted by Crippen LogP contribution is 2.24. The fraction of sp³-hybridized carbons (Fsp3) is 0.667. The van der Waals surface area contributed by atoms with Crippen LogP contribution in [-0.4, -0.2) is 28.9 Å². The molecule has 2 rings (SSSR count). The Morgan fingerprint density at radius 3 is 2.94 bits per heavy atom. The van der Waals surface area contributed by atoms with Crippen molar-refractivity contribution in [2.45, 2.75) is 26.7 Å². The van der Waals surface area contributed by atoms with Crippen molar-refractivity contribution in [2.75, 3.05) is 23.9 Å². The maximum Gasteiger partial charge on any atom is 0.132 e. The number of anilines is 1. The van der Waals surface area contributed by atoms with Crippen LogP contribution >= 0.6 is 11.6 Å². The lowest BCUT2D eigenvalue weighted by Crippen LogP contribution is -2.21. The number of hydrogen-bond acceptors (Lipinski definition) is 3. The molecule has 1 aromatic heterocycles. The van der Waals surface area contributed by atoms with Gasteiger partial charge in [-0.25, -0.2) is 9.97 Å². The van der Waals surface area contributed by atoms with Gasteiger partial charge in [0.1, 0.15) is 11.6 Å². The van der Waals surface area contributed by atoms with E-state index in [0.29, 0.717) is 0 Å². The first kappa shape index (κ1) is 11.6. The van der Waals surface area contributed by atoms with Crippen molar-refractivity contribution in [3.05, 3.63) is 17.6 Å². The standard InChI is InChI=1S/C12H18ClN3/c1-9-7-12(15-10(2)14-9)16-6-4-11(8-16)3-5-13/h7,11H,3-6,8H2,1-2H3. The molecule has 0 spiro atoms. The van der Waals surface area contributed by atoms with Crippen molar-refractivity contribution in [2.24, 2.45) is 5.92 Å². The number of rotatable bonds is 3. The highest BCUT2D eigenvalue weighted by Gasteiger charge is 2.23. The summed E-state index contributed by atoms with van der Waals surface area (Å²) >= 11 is 5.78. The minimum Gasteiger partial charge on any atom is -0.356 e. The lowest BCUT2D eigenvalue weighted by Gasteiger charge is -2.18. The van der Waals surface area contributed by atoms with E-state index in [-0.39, 0.29) is 0 Å². The number of halogens is 1. The van der Waals surface area contributed by atoms with Crippen LogP contribution in [0.4, 0.5) is 5.82 Å². The summed E-state index contributed by atoms with van der Waals surface area (Å²) in [5, 5.41) is 0. The molecule has 2 heterocycles. The molecule has 16 heavy (non-hydrogen) atoms. The maximum absolute atomic E-state index is 5.78. The zero-order valence-electron chi connectivity index (χ0n) is 9.91. The molecule has 1 aliphatic heterocycles. The number of alkyl halides is 1. The zero-order valence-corrected chi connectivity index (χ0v) is 10.7. The molecular formula is C12H18ClN3. The molecule has 4 heteroatoms. The monoisotopic (exact) mass is 239 g/mol. The van der Waals surface area contributed by atoms with E-state index in [1.807, 2.05) is 13.8 Å². The van der Waals surface area contributed by atoms with E-state index in [9.17, 15) is 0 Å². The van der Waals surface area contributed by atoms with Gasteiger partial charge >= 0.3 is 0 Å². The van der Waals surface area contributed by atoms with Gasteiger partial charge in [-0.2, -0.15) is 0 Å². The quantitative estimate of drug-likeness (QED) is 0.760. The van der Waals surface area contributed by atoms with Crippen LogP contribution in [0.3, 0.4) is 0 Å². The molecule has 1 aliphatic rings. The third kappa shape index (κ3) is 2.64. The Hall–Kier alpha value is -0.830. The van der Waals surface area contributed by atoms with Gasteiger partial charge in [0.15, 0.2) is 0 Å². The van der Waals surface area contributed by atoms with Gasteiger partial charge in [0.25, 0.3) is 0 Å². The van der Waals surface area contributed by atoms with Gasteiger partial charge in [-0.15, -0.1) is 11.6 Å². The van der Waals surface area contributed by atoms with Crippen LogP contribution in [0.25, 0.3) is 0 Å². The van der Waals surface area contributed by atoms with Crippen LogP contribution in [0, 0.1) is 19.8 Å². The Balaban J connectivity index is 2.08. The van der Waals surface area contributed by atoms with Gasteiger partial charge in [-0.05, 0) is 32.6 Å². The average Bonchev–Trinajstić information content (AvgIpc) is 2.65. The number of aromatic nitrogens is 2. The van der Waals surface area contributed by atoms with Gasteiger partial charge in [0.2, 0.25) is 0 Å². The summed E-state index contributed by atoms with van der Waals surface area (Å²) in [4.78, 5) is 11.1. The minimum atomic E-state index is 0.730. The Bertz CT molecular complexity index is 347. The third-order valence-corrected chi connectivity index (χ3v) is 3.30. The van der Waals surface area contributed by atoms with Crippen LogP contribution < -0.4 is 4.90 Å². The van der Waals surface area contributed by atoms with Gasteiger partial charge < -0.3 is 4.90 Å². The van der Waals surface area contributed by atoms with Crippen LogP contribution in [0.15, 0.2) is 6.07 Å². The van der Waals surface area contributed by atoms with Crippen LogP contribution in [0.5, 0.6) is 0 Å². The molecule has 0 aromatic carbocycles. The topological polar surface area (TPSA) is 29.0 Å². The Morgan fingerprint density at radius 2 is 2.25 bits per heavy atom. The predicted octanol–water partition coefficient (Wildman–Crippen LogP) is 2.55. The molecule has 0 radical (unpaired) electrons. The van der Waals surface area contributed by atoms with E-state index >= 15 is 0 Å². The summed E-state index contributed by atoms with van der Waals surface area (Å²) in [6, 6.07) is 2.07. The minimum absolute atomic E-state index is 0.730. The first-order valence-corrected chi connectivity index (χ1v) is 6.35. The smallest absolute Gasteiger partial charge is 0.132 e. The summed E-state index contributed by atoms with van der Waals surface area (Å²) in [5.41, 5.74) is 1.04. The Kier molecular flexibility index (Phi) is 3.64. The summed E-state index contributed by atoms with van der Waals surface area (Å²) in [5.74, 6) is 3.42. The van der Waals surface area contributed by atoms with Crippen LogP contribution in [0.2, 0.25) is 0 Å². The molecule has 88 valence electrons. The van der Waals surface area contributed by atoms with Crippen molar-refractivity contribution < 1.29 is 0 Å². The molecular weight excluding hydrogens is 222 g/mol. The first-order chi connectivity index (χ1) is 7.69. The molecule has 1 aromatic rings. The van der Waals surface area contributed by atoms with E-state index in [1.54, 1.807) is 0 Å². The second kappa shape index (κ2) is 5.00. The SMILES string of the molecule is Cc1cc(N2CCC(CCCl)C2)nc(C)n1. The molecule has 0 bridgehead atoms. The normalized spacial score (nSPS) is 20.4. The third-order valence-electron chi connectivity index (χ3n) is 3.08. The second-order valence-electron chi connectivity index (χ2n) is 4.49. The number of hydrogen-bond donors (Lipinski definition) is 0. The van der Waals surface area contributed by atoms with Gasteiger partial charge in [0.05, 0.1) is 0 Å². The predicted molar refractivity (Wildman–Crippen MR) is 67.2 cm³/mol. The molecule has 0 amide bonds. The van der Waals surface area contributed by atoms with Crippen molar-refractivity contribution in [1.29, 1.82) is 0 Å². The molecule has 1 unspecified atom stereocenters. The van der Waals surface area contributed by atoms with E-state index in [0.717, 1.165) is 48.6 Å². The van der Waals surface area contributed by atoms with E-state index < -0.39 is 0 Å². The fourth-order valence-electron chi connectivity index (χ4n) is 2.29. The number of nitrogens with zero attached hydrogens (tertiary/aromatic N) is 3. The summed E-state index contributed by atoms with van der Waals surface area (Å²) in [6.45, 7) is 6.15. The summed E-state index contributed by atoms with van der Waals surface area (Å²) in [7, 11) is 0. The summed E-state index contributed by atoms with van der Waals surface area (Å²) in [6.07, 6.45) is 2.34. The van der Waals surface area contributed by atoms with E-state index in [4.69, 9.17) is 11.6 Å². The molecule has 1 fully saturated rings. The molecule has 1 saturated heterocycles. The molecule has 1 atom stereocenters. The lowest BCUT2D eigenvalue weighted by atomic mass is 10.1. The van der Waals surface area contributed by atoms with Crippen molar-refractivity contribution in [3.63, 3.8) is 0 Å². The van der Waals surface area contributed by atoms with Gasteiger partial charge in [0, 0.05) is 30.7 Å². The van der Waals surface area contributed by atoms with Crippen LogP contribution in [-0.2, 0) is 0 Å². The van der Waals surface area contributed by atoms with Crippen molar-refractivity contribution in [3.8, 4) is 0 Å². The fourth-order valence-corrected chi connectivity index (χ4v) is 2.60. The average molecular weight is 240 g/mol. The zero-order chi connectivity index (χ0) is 11.5. The van der Waals surface area contributed by atoms with Gasteiger partial charge in [-0.1, -0.05) is 0 Å².